The predicted molar refractivity (Wildman–Crippen MR) is 109 cm³/mol. The van der Waals surface area contributed by atoms with E-state index >= 15 is 0 Å². The zero-order valence-electron chi connectivity index (χ0n) is 15.1. The van der Waals surface area contributed by atoms with Gasteiger partial charge in [0, 0.05) is 34.2 Å². The van der Waals surface area contributed by atoms with E-state index in [0.29, 0.717) is 6.61 Å². The minimum Gasteiger partial charge on any atom is -0.466 e. The Morgan fingerprint density at radius 2 is 2.30 bits per heavy atom. The van der Waals surface area contributed by atoms with Crippen LogP contribution >= 0.6 is 27.3 Å². The van der Waals surface area contributed by atoms with Crippen molar-refractivity contribution in [2.45, 2.75) is 26.3 Å². The van der Waals surface area contributed by atoms with Gasteiger partial charge in [-0.15, -0.1) is 10.2 Å². The number of hydrogen-bond acceptors (Lipinski definition) is 6. The molecular formula is C19H21BrN4O2S. The van der Waals surface area contributed by atoms with Crippen molar-refractivity contribution in [3.8, 4) is 11.4 Å². The van der Waals surface area contributed by atoms with Crippen LogP contribution in [0.2, 0.25) is 0 Å². The summed E-state index contributed by atoms with van der Waals surface area (Å²) in [5.74, 6) is 0.766. The Bertz CT molecular complexity index is 954. The van der Waals surface area contributed by atoms with Crippen LogP contribution in [0.15, 0.2) is 34.9 Å². The minimum absolute atomic E-state index is 0.0124. The molecule has 2 aromatic heterocycles. The number of ether oxygens (including phenoxy) is 1. The zero-order chi connectivity index (χ0) is 18.8. The number of carbonyl (C=O) groups is 1. The Labute approximate surface area is 170 Å². The van der Waals surface area contributed by atoms with E-state index in [1.165, 1.54) is 4.88 Å². The Hall–Kier alpha value is -1.77. The summed E-state index contributed by atoms with van der Waals surface area (Å²) < 4.78 is 8.27. The summed E-state index contributed by atoms with van der Waals surface area (Å²) in [5.41, 5.74) is 1.03. The van der Waals surface area contributed by atoms with Gasteiger partial charge in [0.2, 0.25) is 4.96 Å². The largest absolute Gasteiger partial charge is 0.466 e. The van der Waals surface area contributed by atoms with E-state index in [4.69, 9.17) is 4.74 Å². The van der Waals surface area contributed by atoms with Crippen molar-refractivity contribution >= 4 is 38.2 Å². The van der Waals surface area contributed by atoms with Gasteiger partial charge in [0.05, 0.1) is 12.5 Å². The lowest BCUT2D eigenvalue weighted by molar-refractivity contribution is -0.150. The Kier molecular flexibility index (Phi) is 5.56. The number of thiazole rings is 1. The van der Waals surface area contributed by atoms with Gasteiger partial charge in [-0.2, -0.15) is 0 Å². The van der Waals surface area contributed by atoms with Gasteiger partial charge in [-0.3, -0.25) is 14.1 Å². The van der Waals surface area contributed by atoms with E-state index in [1.807, 2.05) is 31.2 Å². The fourth-order valence-corrected chi connectivity index (χ4v) is 4.88. The van der Waals surface area contributed by atoms with Crippen molar-refractivity contribution in [1.29, 1.82) is 0 Å². The van der Waals surface area contributed by atoms with Crippen LogP contribution in [0.25, 0.3) is 16.3 Å². The van der Waals surface area contributed by atoms with E-state index in [0.717, 1.165) is 53.3 Å². The van der Waals surface area contributed by atoms with Crippen LogP contribution in [0.4, 0.5) is 0 Å². The number of carbonyl (C=O) groups excluding carboxylic acids is 1. The zero-order valence-corrected chi connectivity index (χ0v) is 17.5. The molecule has 1 saturated heterocycles. The summed E-state index contributed by atoms with van der Waals surface area (Å²) in [7, 11) is 0. The molecule has 0 saturated carbocycles. The number of fused-ring (bicyclic) bond motifs is 1. The molecule has 1 aliphatic rings. The van der Waals surface area contributed by atoms with Crippen LogP contribution < -0.4 is 0 Å². The van der Waals surface area contributed by atoms with Gasteiger partial charge in [-0.05, 0) is 38.4 Å². The van der Waals surface area contributed by atoms with Gasteiger partial charge in [-0.1, -0.05) is 39.4 Å². The average Bonchev–Trinajstić information content (AvgIpc) is 3.22. The maximum absolute atomic E-state index is 12.1. The predicted octanol–water partition coefficient (Wildman–Crippen LogP) is 4.00. The molecule has 1 atom stereocenters. The molecule has 27 heavy (non-hydrogen) atoms. The highest BCUT2D eigenvalue weighted by Gasteiger charge is 2.27. The van der Waals surface area contributed by atoms with Crippen LogP contribution in [0, 0.1) is 5.92 Å². The number of aromatic nitrogens is 3. The lowest BCUT2D eigenvalue weighted by Crippen LogP contribution is -2.38. The van der Waals surface area contributed by atoms with Crippen molar-refractivity contribution in [3.05, 3.63) is 39.8 Å². The van der Waals surface area contributed by atoms with Crippen molar-refractivity contribution in [2.75, 3.05) is 19.7 Å². The number of hydrogen-bond donors (Lipinski definition) is 0. The number of halogens is 1. The molecule has 0 unspecified atom stereocenters. The van der Waals surface area contributed by atoms with Crippen molar-refractivity contribution in [2.24, 2.45) is 5.92 Å². The highest BCUT2D eigenvalue weighted by Crippen LogP contribution is 2.27. The summed E-state index contributed by atoms with van der Waals surface area (Å²) >= 11 is 5.16. The van der Waals surface area contributed by atoms with Gasteiger partial charge in [0.1, 0.15) is 0 Å². The first-order chi connectivity index (χ1) is 13.1. The summed E-state index contributed by atoms with van der Waals surface area (Å²) in [6.45, 7) is 4.89. The quantitative estimate of drug-likeness (QED) is 0.552. The van der Waals surface area contributed by atoms with Crippen LogP contribution in [0.1, 0.15) is 24.6 Å². The maximum Gasteiger partial charge on any atom is 0.310 e. The fraction of sp³-hybridized carbons (Fsp3) is 0.421. The van der Waals surface area contributed by atoms with Crippen LogP contribution in [-0.4, -0.2) is 45.2 Å². The first-order valence-corrected chi connectivity index (χ1v) is 10.7. The van der Waals surface area contributed by atoms with Gasteiger partial charge < -0.3 is 4.74 Å². The Morgan fingerprint density at radius 1 is 1.41 bits per heavy atom. The highest BCUT2D eigenvalue weighted by atomic mass is 79.9. The van der Waals surface area contributed by atoms with Crippen LogP contribution in [-0.2, 0) is 16.1 Å². The molecule has 4 rings (SSSR count). The number of nitrogens with zero attached hydrogens (tertiary/aromatic N) is 4. The molecule has 0 N–H and O–H groups in total. The molecule has 0 spiro atoms. The molecule has 0 amide bonds. The van der Waals surface area contributed by atoms with Gasteiger partial charge >= 0.3 is 5.97 Å². The molecule has 3 aromatic rings. The average molecular weight is 449 g/mol. The van der Waals surface area contributed by atoms with Crippen molar-refractivity contribution in [1.82, 2.24) is 19.5 Å². The van der Waals surface area contributed by atoms with E-state index in [-0.39, 0.29) is 11.9 Å². The summed E-state index contributed by atoms with van der Waals surface area (Å²) in [5, 5.41) is 8.67. The SMILES string of the molecule is CCOC(=O)[C@H]1CCCN(Cc2cn3c(-c4cccc(Br)c4)nnc3s2)C1. The molecular weight excluding hydrogens is 428 g/mol. The van der Waals surface area contributed by atoms with Gasteiger partial charge in [0.25, 0.3) is 0 Å². The van der Waals surface area contributed by atoms with E-state index in [2.05, 4.69) is 41.6 Å². The number of likely N-dealkylation sites (tertiary alicyclic amines) is 1. The number of piperidine rings is 1. The van der Waals surface area contributed by atoms with E-state index in [9.17, 15) is 4.79 Å². The number of esters is 1. The number of benzene rings is 1. The first-order valence-electron chi connectivity index (χ1n) is 9.12. The minimum atomic E-state index is -0.0654. The van der Waals surface area contributed by atoms with Crippen molar-refractivity contribution in [3.63, 3.8) is 0 Å². The monoisotopic (exact) mass is 448 g/mol. The number of rotatable bonds is 5. The summed E-state index contributed by atoms with van der Waals surface area (Å²) in [6.07, 6.45) is 4.06. The van der Waals surface area contributed by atoms with Crippen LogP contribution in [0.5, 0.6) is 0 Å². The smallest absolute Gasteiger partial charge is 0.310 e. The highest BCUT2D eigenvalue weighted by molar-refractivity contribution is 9.10. The van der Waals surface area contributed by atoms with Gasteiger partial charge in [0.15, 0.2) is 5.82 Å². The third kappa shape index (κ3) is 4.07. The van der Waals surface area contributed by atoms with Gasteiger partial charge in [-0.25, -0.2) is 0 Å². The maximum atomic E-state index is 12.1. The topological polar surface area (TPSA) is 59.7 Å². The van der Waals surface area contributed by atoms with Crippen molar-refractivity contribution < 1.29 is 9.53 Å². The summed E-state index contributed by atoms with van der Waals surface area (Å²) in [4.78, 5) is 16.5. The van der Waals surface area contributed by atoms with Crippen LogP contribution in [0.3, 0.4) is 0 Å². The molecule has 8 heteroatoms. The molecule has 0 aliphatic carbocycles. The molecule has 142 valence electrons. The molecule has 6 nitrogen and oxygen atoms in total. The lowest BCUT2D eigenvalue weighted by atomic mass is 9.98. The Balaban J connectivity index is 1.51. The second kappa shape index (κ2) is 8.08. The second-order valence-electron chi connectivity index (χ2n) is 6.71. The molecule has 1 fully saturated rings. The lowest BCUT2D eigenvalue weighted by Gasteiger charge is -2.30. The third-order valence-corrected chi connectivity index (χ3v) is 6.20. The summed E-state index contributed by atoms with van der Waals surface area (Å²) in [6, 6.07) is 8.07. The molecule has 3 heterocycles. The molecule has 1 aliphatic heterocycles. The first kappa shape index (κ1) is 18.6. The molecule has 0 radical (unpaired) electrons. The second-order valence-corrected chi connectivity index (χ2v) is 8.72. The van der Waals surface area contributed by atoms with E-state index < -0.39 is 0 Å². The standard InChI is InChI=1S/C19H21BrN4O2S/c1-2-26-18(25)14-6-4-8-23(10-14)11-16-12-24-17(21-22-19(24)27-16)13-5-3-7-15(20)9-13/h3,5,7,9,12,14H,2,4,6,8,10-11H2,1H3/t14-/m0/s1. The molecule has 0 bridgehead atoms. The molecule has 1 aromatic carbocycles. The van der Waals surface area contributed by atoms with E-state index in [1.54, 1.807) is 11.3 Å². The third-order valence-electron chi connectivity index (χ3n) is 4.75. The Morgan fingerprint density at radius 3 is 3.11 bits per heavy atom. The fourth-order valence-electron chi connectivity index (χ4n) is 3.52. The normalized spacial score (nSPS) is 18.1.